The number of hydrogen-bond donors (Lipinski definition) is 20. The van der Waals surface area contributed by atoms with Gasteiger partial charge in [-0.15, -0.1) is 0 Å². The van der Waals surface area contributed by atoms with Gasteiger partial charge in [0.2, 0.25) is 0 Å². The Morgan fingerprint density at radius 2 is 0.460 bits per heavy atom. The summed E-state index contributed by atoms with van der Waals surface area (Å²) in [6.45, 7) is -10.3. The average molecular weight is 1510 g/mol. The first-order valence-electron chi connectivity index (χ1n) is 30.1. The predicted octanol–water partition coefficient (Wildman–Crippen LogP) is -9.52. The van der Waals surface area contributed by atoms with Crippen LogP contribution in [0.5, 0.6) is 0 Å². The van der Waals surface area contributed by atoms with Crippen LogP contribution in [0.15, 0.2) is 12.2 Å². The largest absolute Gasteiger partial charge is 0.460 e. The van der Waals surface area contributed by atoms with Crippen molar-refractivity contribution >= 4 is 0 Å². The molecule has 0 spiro atoms. The van der Waals surface area contributed by atoms with E-state index >= 15 is 0 Å². The van der Waals surface area contributed by atoms with Crippen LogP contribution in [-0.4, -0.2) is 406 Å². The van der Waals surface area contributed by atoms with Crippen molar-refractivity contribution in [3.63, 3.8) is 0 Å². The lowest BCUT2D eigenvalue weighted by molar-refractivity contribution is -0.439. The van der Waals surface area contributed by atoms with Gasteiger partial charge in [0, 0.05) is 6.42 Å². The van der Waals surface area contributed by atoms with Crippen LogP contribution in [0.1, 0.15) is 6.42 Å². The molecule has 0 aliphatic carbocycles. The molecule has 35 nitrogen and oxygen atoms in total. The maximum atomic E-state index is 14.8. The van der Waals surface area contributed by atoms with E-state index in [4.69, 9.17) is 71.1 Å². The molecular weight excluding hydrogens is 1430 g/mol. The van der Waals surface area contributed by atoms with Crippen LogP contribution in [0.2, 0.25) is 0 Å². The van der Waals surface area contributed by atoms with E-state index in [2.05, 4.69) is 0 Å². The monoisotopic (exact) mass is 1510 g/mol. The highest BCUT2D eigenvalue weighted by Crippen LogP contribution is 2.61. The molecule has 35 atom stereocenters. The van der Waals surface area contributed by atoms with Gasteiger partial charge in [0.25, 0.3) is 0 Å². The SMILES string of the molecule is OC[C@H]1O[C@@H]2O[C@H]3[C@H](O)[C@@H](O)[C@@H](O[C@H]4[C@H](O)[C@@H](O)[C@@H](O[C@H]5[C@H](O)[C@@H](OC/C=C/CC(F)(F)C(F)(F)C(F)(F)C(F)(F)C(F)(F)C(F)(F)F)[C@@H](O[C@H]6[C@H](O)[C@@H](O)[C@@H](O[C@H]7[C@H](O)[C@@H](O)[C@@H](O[C@H]8[C@H](O)[C@@H](O)[C@@H](O[C@H]1[C@H](O)[C@H]2O)O[C@@H]8CO)O[C@@H]7CO)O[C@@H]6CO)O[C@@H]5CO)O[C@@H]4CO)O[C@@H]3CO. The van der Waals surface area contributed by atoms with Gasteiger partial charge >= 0.3 is 35.8 Å². The van der Waals surface area contributed by atoms with Crippen molar-refractivity contribution in [3.05, 3.63) is 12.2 Å². The molecule has 0 aromatic heterocycles. The first-order chi connectivity index (χ1) is 46.6. The summed E-state index contributed by atoms with van der Waals surface area (Å²) in [5.41, 5.74) is 0. The molecule has 21 aliphatic heterocycles. The highest BCUT2D eigenvalue weighted by Gasteiger charge is 2.90. The Morgan fingerprint density at radius 3 is 0.690 bits per heavy atom. The Balaban J connectivity index is 1.11. The van der Waals surface area contributed by atoms with Gasteiger partial charge in [-0.1, -0.05) is 12.2 Å². The van der Waals surface area contributed by atoms with Crippen LogP contribution >= 0.6 is 0 Å². The lowest BCUT2D eigenvalue weighted by Crippen LogP contribution is -2.70. The number of rotatable bonds is 16. The van der Waals surface area contributed by atoms with Gasteiger partial charge in [0.05, 0.1) is 52.9 Å². The zero-order chi connectivity index (χ0) is 74.6. The number of allylic oxidation sites excluding steroid dienone is 1. The average Bonchev–Trinajstić information content (AvgIpc) is 0.711. The highest BCUT2D eigenvalue weighted by atomic mass is 19.4. The van der Waals surface area contributed by atoms with Crippen molar-refractivity contribution in [1.82, 2.24) is 0 Å². The van der Waals surface area contributed by atoms with Crippen LogP contribution < -0.4 is 0 Å². The van der Waals surface area contributed by atoms with Gasteiger partial charge in [0.15, 0.2) is 44.0 Å². The highest BCUT2D eigenvalue weighted by molar-refractivity contribution is 5.12. The van der Waals surface area contributed by atoms with E-state index in [9.17, 15) is 159 Å². The van der Waals surface area contributed by atoms with Gasteiger partial charge in [-0.25, -0.2) is 0 Å². The molecule has 0 radical (unpaired) electrons. The molecule has 0 unspecified atom stereocenters. The van der Waals surface area contributed by atoms with Gasteiger partial charge in [0.1, 0.15) is 171 Å². The van der Waals surface area contributed by atoms with E-state index in [1.807, 2.05) is 0 Å². The van der Waals surface area contributed by atoms with E-state index in [1.165, 1.54) is 0 Å². The van der Waals surface area contributed by atoms with E-state index < -0.39 is 310 Å². The van der Waals surface area contributed by atoms with E-state index in [-0.39, 0.29) is 12.2 Å². The molecular formula is C52H75F13O35. The van der Waals surface area contributed by atoms with Gasteiger partial charge < -0.3 is 173 Å². The normalized spacial score (nSPS) is 46.5. The van der Waals surface area contributed by atoms with Crippen LogP contribution in [0.4, 0.5) is 57.1 Å². The quantitative estimate of drug-likeness (QED) is 0.0504. The summed E-state index contributed by atoms with van der Waals surface area (Å²) in [6.07, 6.45) is -89.8. The third-order valence-electron chi connectivity index (χ3n) is 17.7. The molecule has 14 bridgehead atoms. The molecule has 21 heterocycles. The summed E-state index contributed by atoms with van der Waals surface area (Å²) >= 11 is 0. The first-order valence-corrected chi connectivity index (χ1v) is 30.1. The standard InChI is InChI=1S/C52H75F13O35/c53-47(54,48(55,56)49(57,58)50(59,60)51(61,62)52(63,64)65)3-1-2-4-86-39-31(85)38-18(11-72)93-46(39)100-37-17(10-71)92-44(30(84)24(37)78)98-35-15(8-69)90-42(28(82)22(35)76)96-33-13(6-67)88-40(26(80)20(33)74)94-32-12(5-66)87-41(25(79)19(32)73)95-34-14(7-68)89-43(27(81)21(34)75)97-36-16(9-70)91-45(99-38)29(83)23(36)77/h1-2,12-46,66-85H,3-11H2/b2-1+/t12-,13-,14-,15-,16-,17-,18-,19-,20-,21-,22-,23-,24-,25-,26-,27-,28-,29-,30-,31+,32-,33-,34-,35-,36-,37-,38-,39-,40-,41-,42-,43-,44-,45-,46-/m1/s1. The Hall–Kier alpha value is -2.57. The summed E-state index contributed by atoms with van der Waals surface area (Å²) in [4.78, 5) is 0. The fraction of sp³-hybridized carbons (Fsp3) is 0.962. The minimum Gasteiger partial charge on any atom is -0.394 e. The third kappa shape index (κ3) is 15.6. The number of ether oxygens (including phenoxy) is 15. The van der Waals surface area contributed by atoms with Crippen molar-refractivity contribution < 1.29 is 230 Å². The Kier molecular flexibility index (Phi) is 27.0. The molecule has 21 rings (SSSR count). The molecule has 48 heteroatoms. The van der Waals surface area contributed by atoms with Crippen LogP contribution in [0, 0.1) is 0 Å². The summed E-state index contributed by atoms with van der Waals surface area (Å²) < 4.78 is 265. The molecule has 0 amide bonds. The Morgan fingerprint density at radius 1 is 0.250 bits per heavy atom. The molecule has 21 fully saturated rings. The molecule has 100 heavy (non-hydrogen) atoms. The molecule has 21 saturated heterocycles. The Labute approximate surface area is 551 Å². The van der Waals surface area contributed by atoms with Crippen LogP contribution in [0.25, 0.3) is 0 Å². The maximum Gasteiger partial charge on any atom is 0.460 e. The molecule has 21 aliphatic rings. The topological polar surface area (TPSA) is 543 Å². The lowest BCUT2D eigenvalue weighted by Gasteiger charge is -2.50. The van der Waals surface area contributed by atoms with Crippen molar-refractivity contribution in [2.75, 3.05) is 52.9 Å². The van der Waals surface area contributed by atoms with E-state index in [1.54, 1.807) is 0 Å². The fourth-order valence-electron chi connectivity index (χ4n) is 12.0. The minimum atomic E-state index is -8.24. The number of halogens is 13. The molecule has 584 valence electrons. The molecule has 0 saturated carbocycles. The Bertz CT molecular complexity index is 2610. The summed E-state index contributed by atoms with van der Waals surface area (Å²) in [6, 6.07) is 0. The fourth-order valence-corrected chi connectivity index (χ4v) is 12.0. The van der Waals surface area contributed by atoms with Crippen molar-refractivity contribution in [1.29, 1.82) is 0 Å². The van der Waals surface area contributed by atoms with E-state index in [0.29, 0.717) is 0 Å². The lowest BCUT2D eigenvalue weighted by atomic mass is 9.92. The predicted molar refractivity (Wildman–Crippen MR) is 277 cm³/mol. The summed E-state index contributed by atoms with van der Waals surface area (Å²) in [5.74, 6) is -38.8. The van der Waals surface area contributed by atoms with Gasteiger partial charge in [-0.3, -0.25) is 0 Å². The molecule has 0 aromatic carbocycles. The van der Waals surface area contributed by atoms with Gasteiger partial charge in [-0.2, -0.15) is 57.1 Å². The first kappa shape index (κ1) is 83.1. The van der Waals surface area contributed by atoms with Crippen molar-refractivity contribution in [3.8, 4) is 0 Å². The second kappa shape index (κ2) is 32.5. The van der Waals surface area contributed by atoms with E-state index in [0.717, 1.165) is 0 Å². The zero-order valence-electron chi connectivity index (χ0n) is 50.7. The minimum absolute atomic E-state index is 0.102. The number of alkyl halides is 13. The maximum absolute atomic E-state index is 14.8. The van der Waals surface area contributed by atoms with Crippen LogP contribution in [-0.2, 0) is 71.1 Å². The van der Waals surface area contributed by atoms with Gasteiger partial charge in [-0.05, 0) is 0 Å². The van der Waals surface area contributed by atoms with Crippen molar-refractivity contribution in [2.45, 2.75) is 257 Å². The number of aliphatic hydroxyl groups excluding tert-OH is 20. The third-order valence-corrected chi connectivity index (χ3v) is 17.7. The number of hydrogen-bond acceptors (Lipinski definition) is 35. The van der Waals surface area contributed by atoms with Crippen molar-refractivity contribution in [2.24, 2.45) is 0 Å². The smallest absolute Gasteiger partial charge is 0.394 e. The van der Waals surface area contributed by atoms with Crippen LogP contribution in [0.3, 0.4) is 0 Å². The summed E-state index contributed by atoms with van der Waals surface area (Å²) in [7, 11) is 0. The second-order valence-electron chi connectivity index (χ2n) is 24.1. The second-order valence-corrected chi connectivity index (χ2v) is 24.1. The number of aliphatic hydroxyl groups is 20. The molecule has 20 N–H and O–H groups in total. The zero-order valence-corrected chi connectivity index (χ0v) is 50.7. The summed E-state index contributed by atoms with van der Waals surface area (Å²) in [5, 5.41) is 222. The molecule has 0 aromatic rings.